The van der Waals surface area contributed by atoms with Gasteiger partial charge in [0.2, 0.25) is 5.82 Å². The molecule has 0 saturated heterocycles. The summed E-state index contributed by atoms with van der Waals surface area (Å²) in [7, 11) is 0. The van der Waals surface area contributed by atoms with E-state index in [0.717, 1.165) is 40.5 Å². The first kappa shape index (κ1) is 22.2. The molecule has 1 N–H and O–H groups in total. The fourth-order valence-electron chi connectivity index (χ4n) is 3.99. The third-order valence-corrected chi connectivity index (χ3v) is 6.17. The van der Waals surface area contributed by atoms with E-state index in [0.29, 0.717) is 17.6 Å². The van der Waals surface area contributed by atoms with Crippen molar-refractivity contribution in [3.8, 4) is 11.4 Å². The Balaban J connectivity index is 1.78. The first-order valence-electron chi connectivity index (χ1n) is 11.2. The number of aryl methyl sites for hydroxylation is 2. The number of allylic oxidation sites excluding steroid dienone is 1. The molecule has 0 bridgehead atoms. The molecule has 4 rings (SSSR count). The predicted octanol–water partition coefficient (Wildman–Crippen LogP) is 5.93. The lowest BCUT2D eigenvalue weighted by molar-refractivity contribution is 0.386. The van der Waals surface area contributed by atoms with Gasteiger partial charge in [-0.2, -0.15) is 4.98 Å². The maximum atomic E-state index is 5.82. The van der Waals surface area contributed by atoms with Gasteiger partial charge in [0.05, 0.1) is 11.6 Å². The van der Waals surface area contributed by atoms with Gasteiger partial charge in [0, 0.05) is 17.8 Å². The van der Waals surface area contributed by atoms with E-state index in [1.165, 1.54) is 11.1 Å². The fraction of sp³-hybridized carbons (Fsp3) is 0.346. The van der Waals surface area contributed by atoms with Crippen molar-refractivity contribution in [2.75, 3.05) is 6.54 Å². The minimum absolute atomic E-state index is 0.151. The predicted molar refractivity (Wildman–Crippen MR) is 133 cm³/mol. The zero-order chi connectivity index (χ0) is 22.8. The molecule has 32 heavy (non-hydrogen) atoms. The van der Waals surface area contributed by atoms with E-state index in [9.17, 15) is 0 Å². The summed E-state index contributed by atoms with van der Waals surface area (Å²) in [6, 6.07) is 16.6. The second-order valence-corrected chi connectivity index (χ2v) is 9.16. The first-order chi connectivity index (χ1) is 15.4. The lowest BCUT2D eigenvalue weighted by Gasteiger charge is -2.38. The highest BCUT2D eigenvalue weighted by molar-refractivity contribution is 7.80. The Morgan fingerprint density at radius 2 is 1.75 bits per heavy atom. The Hall–Kier alpha value is -2.99. The molecule has 0 spiro atoms. The molecule has 1 unspecified atom stereocenters. The summed E-state index contributed by atoms with van der Waals surface area (Å²) in [5, 5.41) is 8.54. The van der Waals surface area contributed by atoms with Crippen molar-refractivity contribution in [1.29, 1.82) is 0 Å². The van der Waals surface area contributed by atoms with Crippen LogP contribution in [0.15, 0.2) is 58.8 Å². The van der Waals surface area contributed by atoms with E-state index < -0.39 is 0 Å². The molecule has 2 heterocycles. The van der Waals surface area contributed by atoms with Gasteiger partial charge >= 0.3 is 0 Å². The van der Waals surface area contributed by atoms with Gasteiger partial charge in [-0.1, -0.05) is 80.0 Å². The molecule has 6 heteroatoms. The Labute approximate surface area is 195 Å². The highest BCUT2D eigenvalue weighted by Gasteiger charge is 2.34. The van der Waals surface area contributed by atoms with Crippen LogP contribution in [-0.2, 0) is 6.42 Å². The monoisotopic (exact) mass is 446 g/mol. The fourth-order valence-corrected chi connectivity index (χ4v) is 4.32. The van der Waals surface area contributed by atoms with Gasteiger partial charge < -0.3 is 14.7 Å². The van der Waals surface area contributed by atoms with E-state index in [1.807, 2.05) is 12.1 Å². The van der Waals surface area contributed by atoms with Gasteiger partial charge in [0.15, 0.2) is 5.11 Å². The zero-order valence-electron chi connectivity index (χ0n) is 19.3. The van der Waals surface area contributed by atoms with E-state index in [2.05, 4.69) is 86.4 Å². The second kappa shape index (κ2) is 9.25. The lowest BCUT2D eigenvalue weighted by atomic mass is 9.94. The lowest BCUT2D eigenvalue weighted by Crippen LogP contribution is -2.47. The zero-order valence-corrected chi connectivity index (χ0v) is 20.2. The van der Waals surface area contributed by atoms with Gasteiger partial charge in [0.1, 0.15) is 0 Å². The van der Waals surface area contributed by atoms with Crippen LogP contribution in [0.25, 0.3) is 17.0 Å². The molecule has 5 nitrogen and oxygen atoms in total. The van der Waals surface area contributed by atoms with Crippen molar-refractivity contribution >= 4 is 22.9 Å². The van der Waals surface area contributed by atoms with E-state index in [4.69, 9.17) is 21.7 Å². The molecule has 1 atom stereocenters. The van der Waals surface area contributed by atoms with Crippen molar-refractivity contribution in [3.63, 3.8) is 0 Å². The summed E-state index contributed by atoms with van der Waals surface area (Å²) in [5.41, 5.74) is 6.57. The Kier molecular flexibility index (Phi) is 6.42. The summed E-state index contributed by atoms with van der Waals surface area (Å²) in [6.45, 7) is 11.5. The third-order valence-electron chi connectivity index (χ3n) is 5.83. The summed E-state index contributed by atoms with van der Waals surface area (Å²) < 4.78 is 5.82. The van der Waals surface area contributed by atoms with E-state index >= 15 is 0 Å². The number of hydrogen-bond acceptors (Lipinski definition) is 4. The average molecular weight is 447 g/mol. The number of rotatable bonds is 6. The third kappa shape index (κ3) is 4.46. The van der Waals surface area contributed by atoms with E-state index in [-0.39, 0.29) is 6.04 Å². The van der Waals surface area contributed by atoms with Crippen molar-refractivity contribution in [2.45, 2.75) is 47.1 Å². The molecule has 0 radical (unpaired) electrons. The summed E-state index contributed by atoms with van der Waals surface area (Å²) >= 11 is 5.75. The van der Waals surface area contributed by atoms with Crippen LogP contribution in [-0.4, -0.2) is 26.7 Å². The van der Waals surface area contributed by atoms with Crippen LogP contribution in [0, 0.1) is 12.8 Å². The number of nitrogens with zero attached hydrogens (tertiary/aromatic N) is 3. The minimum Gasteiger partial charge on any atom is -0.351 e. The number of aromatic nitrogens is 2. The topological polar surface area (TPSA) is 54.2 Å². The second-order valence-electron chi connectivity index (χ2n) is 8.77. The maximum Gasteiger partial charge on any atom is 0.258 e. The van der Waals surface area contributed by atoms with Crippen molar-refractivity contribution < 1.29 is 4.52 Å². The molecule has 2 aromatic carbocycles. The highest BCUT2D eigenvalue weighted by Crippen LogP contribution is 2.37. The number of thiocarbonyl (C=S) groups is 1. The number of hydrogen-bond donors (Lipinski definition) is 1. The highest BCUT2D eigenvalue weighted by atomic mass is 32.1. The normalized spacial score (nSPS) is 16.6. The SMILES string of the molecule is CCc1ccc(-c2noc(C3=C(C)N(CC(C)C)C(=S)NC3c3ccc(C)cc3)n2)cc1. The van der Waals surface area contributed by atoms with Gasteiger partial charge in [-0.15, -0.1) is 0 Å². The van der Waals surface area contributed by atoms with Crippen LogP contribution in [0.1, 0.15) is 56.3 Å². The Morgan fingerprint density at radius 1 is 1.06 bits per heavy atom. The Morgan fingerprint density at radius 3 is 2.38 bits per heavy atom. The molecule has 1 aliphatic heterocycles. The van der Waals surface area contributed by atoms with Crippen LogP contribution in [0.2, 0.25) is 0 Å². The van der Waals surface area contributed by atoms with Crippen molar-refractivity contribution in [2.24, 2.45) is 5.92 Å². The van der Waals surface area contributed by atoms with Crippen molar-refractivity contribution in [3.05, 3.63) is 76.8 Å². The molecule has 1 aromatic heterocycles. The molecule has 0 saturated carbocycles. The average Bonchev–Trinajstić information content (AvgIpc) is 3.26. The molecule has 3 aromatic rings. The summed E-state index contributed by atoms with van der Waals surface area (Å²) in [5.74, 6) is 1.57. The smallest absolute Gasteiger partial charge is 0.258 e. The molecule has 166 valence electrons. The van der Waals surface area contributed by atoms with Crippen LogP contribution >= 0.6 is 12.2 Å². The number of benzene rings is 2. The van der Waals surface area contributed by atoms with Crippen LogP contribution in [0.4, 0.5) is 0 Å². The van der Waals surface area contributed by atoms with Crippen molar-refractivity contribution in [1.82, 2.24) is 20.4 Å². The van der Waals surface area contributed by atoms with Crippen LogP contribution in [0.3, 0.4) is 0 Å². The minimum atomic E-state index is -0.151. The summed E-state index contributed by atoms with van der Waals surface area (Å²) in [6.07, 6.45) is 0.999. The maximum absolute atomic E-state index is 5.82. The van der Waals surface area contributed by atoms with E-state index in [1.54, 1.807) is 0 Å². The quantitative estimate of drug-likeness (QED) is 0.474. The molecule has 0 amide bonds. The Bertz CT molecular complexity index is 1130. The summed E-state index contributed by atoms with van der Waals surface area (Å²) in [4.78, 5) is 6.94. The largest absolute Gasteiger partial charge is 0.351 e. The molecular weight excluding hydrogens is 416 g/mol. The molecule has 0 aliphatic carbocycles. The van der Waals surface area contributed by atoms with Gasteiger partial charge in [-0.3, -0.25) is 0 Å². The van der Waals surface area contributed by atoms with Crippen LogP contribution < -0.4 is 5.32 Å². The molecule has 1 aliphatic rings. The van der Waals surface area contributed by atoms with Gasteiger partial charge in [-0.05, 0) is 49.5 Å². The first-order valence-corrected chi connectivity index (χ1v) is 11.6. The van der Waals surface area contributed by atoms with Crippen LogP contribution in [0.5, 0.6) is 0 Å². The van der Waals surface area contributed by atoms with Gasteiger partial charge in [-0.25, -0.2) is 0 Å². The molecular formula is C26H30N4OS. The standard InChI is InChI=1S/C26H30N4OS/c1-6-19-9-13-21(14-10-19)24-28-25(31-29-24)22-18(5)30(15-16(2)3)26(32)27-23(22)20-11-7-17(4)8-12-20/h7-14,16,23H,6,15H2,1-5H3,(H,27,32). The number of nitrogens with one attached hydrogen (secondary N) is 1. The molecule has 0 fully saturated rings. The van der Waals surface area contributed by atoms with Gasteiger partial charge in [0.25, 0.3) is 5.89 Å².